The number of ether oxygens (including phenoxy) is 1. The first-order chi connectivity index (χ1) is 14.2. The zero-order chi connectivity index (χ0) is 21.9. The van der Waals surface area contributed by atoms with Gasteiger partial charge in [0.15, 0.2) is 0 Å². The summed E-state index contributed by atoms with van der Waals surface area (Å²) >= 11 is 6.08. The topological polar surface area (TPSA) is 64.7 Å². The number of nitro groups is 1. The van der Waals surface area contributed by atoms with Crippen LogP contribution >= 0.6 is 11.6 Å². The van der Waals surface area contributed by atoms with E-state index in [1.165, 1.54) is 12.3 Å². The van der Waals surface area contributed by atoms with Crippen molar-refractivity contribution in [1.82, 2.24) is 0 Å². The molecule has 0 aromatic heterocycles. The van der Waals surface area contributed by atoms with Crippen LogP contribution in [0.25, 0.3) is 0 Å². The highest BCUT2D eigenvalue weighted by atomic mass is 35.5. The van der Waals surface area contributed by atoms with E-state index < -0.39 is 22.4 Å². The third-order valence-electron chi connectivity index (χ3n) is 4.20. The van der Waals surface area contributed by atoms with E-state index in [0.717, 1.165) is 17.7 Å². The SMILES string of the molecule is Cc1c(Cl)cccc1N=Cc1ccccc1Oc1ccc(C(F)(F)F)cc1[N+](=O)[O-]. The van der Waals surface area contributed by atoms with E-state index in [-0.39, 0.29) is 11.5 Å². The van der Waals surface area contributed by atoms with E-state index in [1.807, 2.05) is 6.92 Å². The lowest BCUT2D eigenvalue weighted by molar-refractivity contribution is -0.385. The Balaban J connectivity index is 1.96. The van der Waals surface area contributed by atoms with Gasteiger partial charge >= 0.3 is 11.9 Å². The molecular formula is C21H14ClF3N2O3. The van der Waals surface area contributed by atoms with Crippen molar-refractivity contribution in [2.45, 2.75) is 13.1 Å². The lowest BCUT2D eigenvalue weighted by Gasteiger charge is -2.11. The highest BCUT2D eigenvalue weighted by molar-refractivity contribution is 6.31. The summed E-state index contributed by atoms with van der Waals surface area (Å²) in [7, 11) is 0. The first kappa shape index (κ1) is 21.3. The molecule has 3 aromatic rings. The molecule has 0 spiro atoms. The molecule has 0 saturated carbocycles. The molecule has 0 heterocycles. The summed E-state index contributed by atoms with van der Waals surface area (Å²) in [6.07, 6.45) is -3.22. The average Bonchev–Trinajstić information content (AvgIpc) is 2.69. The number of hydrogen-bond acceptors (Lipinski definition) is 4. The fraction of sp³-hybridized carbons (Fsp3) is 0.0952. The van der Waals surface area contributed by atoms with Gasteiger partial charge in [-0.3, -0.25) is 15.1 Å². The molecule has 30 heavy (non-hydrogen) atoms. The number of alkyl halides is 3. The third kappa shape index (κ3) is 4.77. The smallest absolute Gasteiger partial charge is 0.416 e. The van der Waals surface area contributed by atoms with Gasteiger partial charge < -0.3 is 4.74 Å². The Hall–Kier alpha value is -3.39. The van der Waals surface area contributed by atoms with E-state index in [1.54, 1.807) is 36.4 Å². The molecule has 9 heteroatoms. The maximum Gasteiger partial charge on any atom is 0.416 e. The fourth-order valence-electron chi connectivity index (χ4n) is 2.60. The molecule has 3 rings (SSSR count). The predicted molar refractivity (Wildman–Crippen MR) is 108 cm³/mol. The highest BCUT2D eigenvalue weighted by Gasteiger charge is 2.33. The van der Waals surface area contributed by atoms with Crippen LogP contribution < -0.4 is 4.74 Å². The maximum absolute atomic E-state index is 12.9. The van der Waals surface area contributed by atoms with Gasteiger partial charge in [-0.25, -0.2) is 0 Å². The van der Waals surface area contributed by atoms with Crippen LogP contribution in [-0.2, 0) is 6.18 Å². The minimum atomic E-state index is -4.71. The molecule has 0 fully saturated rings. The number of hydrogen-bond donors (Lipinski definition) is 0. The first-order valence-corrected chi connectivity index (χ1v) is 8.96. The summed E-state index contributed by atoms with van der Waals surface area (Å²) in [5, 5.41) is 11.8. The Labute approximate surface area is 174 Å². The largest absolute Gasteiger partial charge is 0.449 e. The number of nitrogens with zero attached hydrogens (tertiary/aromatic N) is 2. The Morgan fingerprint density at radius 1 is 1.07 bits per heavy atom. The van der Waals surface area contributed by atoms with Gasteiger partial charge in [0, 0.05) is 22.9 Å². The summed E-state index contributed by atoms with van der Waals surface area (Å²) in [6, 6.07) is 13.9. The van der Waals surface area contributed by atoms with Gasteiger partial charge in [-0.05, 0) is 48.9 Å². The van der Waals surface area contributed by atoms with E-state index in [0.29, 0.717) is 22.3 Å². The molecule has 0 N–H and O–H groups in total. The second kappa shape index (κ2) is 8.54. The highest BCUT2D eigenvalue weighted by Crippen LogP contribution is 2.38. The van der Waals surface area contributed by atoms with Crippen molar-refractivity contribution in [3.05, 3.63) is 92.5 Å². The minimum Gasteiger partial charge on any atom is -0.449 e. The van der Waals surface area contributed by atoms with Crippen molar-refractivity contribution in [2.75, 3.05) is 0 Å². The van der Waals surface area contributed by atoms with Crippen LogP contribution in [0.4, 0.5) is 24.5 Å². The molecule has 0 amide bonds. The zero-order valence-electron chi connectivity index (χ0n) is 15.5. The summed E-state index contributed by atoms with van der Waals surface area (Å²) in [4.78, 5) is 14.7. The Bertz CT molecular complexity index is 1130. The van der Waals surface area contributed by atoms with Crippen LogP contribution in [-0.4, -0.2) is 11.1 Å². The number of nitro benzene ring substituents is 1. The van der Waals surface area contributed by atoms with Crippen LogP contribution in [0.3, 0.4) is 0 Å². The van der Waals surface area contributed by atoms with Crippen molar-refractivity contribution < 1.29 is 22.8 Å². The molecule has 0 aliphatic rings. The van der Waals surface area contributed by atoms with Crippen molar-refractivity contribution in [1.29, 1.82) is 0 Å². The van der Waals surface area contributed by atoms with Gasteiger partial charge in [-0.15, -0.1) is 0 Å². The van der Waals surface area contributed by atoms with Crippen molar-refractivity contribution in [3.63, 3.8) is 0 Å². The summed E-state index contributed by atoms with van der Waals surface area (Å²) < 4.78 is 44.2. The number of para-hydroxylation sites is 1. The number of halogens is 4. The molecule has 0 aliphatic carbocycles. The van der Waals surface area contributed by atoms with Gasteiger partial charge in [-0.1, -0.05) is 29.8 Å². The lowest BCUT2D eigenvalue weighted by atomic mass is 10.1. The molecule has 0 saturated heterocycles. The van der Waals surface area contributed by atoms with Crippen LogP contribution in [0.5, 0.6) is 11.5 Å². The molecular weight excluding hydrogens is 421 g/mol. The van der Waals surface area contributed by atoms with Crippen molar-refractivity contribution >= 4 is 29.2 Å². The lowest BCUT2D eigenvalue weighted by Crippen LogP contribution is -2.06. The van der Waals surface area contributed by atoms with E-state index in [9.17, 15) is 23.3 Å². The molecule has 3 aromatic carbocycles. The standard InChI is InChI=1S/C21H14ClF3N2O3/c1-13-16(22)6-4-7-17(13)26-12-14-5-2-3-8-19(14)30-20-10-9-15(21(23,24)25)11-18(20)27(28)29/h2-12H,1H3. The van der Waals surface area contributed by atoms with Gasteiger partial charge in [0.2, 0.25) is 5.75 Å². The number of rotatable bonds is 5. The van der Waals surface area contributed by atoms with Crippen LogP contribution in [0.1, 0.15) is 16.7 Å². The second-order valence-electron chi connectivity index (χ2n) is 6.22. The first-order valence-electron chi connectivity index (χ1n) is 8.58. The van der Waals surface area contributed by atoms with E-state index in [2.05, 4.69) is 4.99 Å². The van der Waals surface area contributed by atoms with Crippen LogP contribution in [0.2, 0.25) is 5.02 Å². The Morgan fingerprint density at radius 2 is 1.80 bits per heavy atom. The summed E-state index contributed by atoms with van der Waals surface area (Å²) in [5.41, 5.74) is -0.0499. The molecule has 154 valence electrons. The number of benzene rings is 3. The van der Waals surface area contributed by atoms with E-state index in [4.69, 9.17) is 16.3 Å². The monoisotopic (exact) mass is 434 g/mol. The van der Waals surface area contributed by atoms with E-state index >= 15 is 0 Å². The molecule has 5 nitrogen and oxygen atoms in total. The molecule has 0 atom stereocenters. The maximum atomic E-state index is 12.9. The van der Waals surface area contributed by atoms with Gasteiger partial charge in [-0.2, -0.15) is 13.2 Å². The zero-order valence-corrected chi connectivity index (χ0v) is 16.2. The Kier molecular flexibility index (Phi) is 6.07. The quantitative estimate of drug-likeness (QED) is 0.244. The van der Waals surface area contributed by atoms with Crippen LogP contribution in [0, 0.1) is 17.0 Å². The van der Waals surface area contributed by atoms with Crippen molar-refractivity contribution in [2.24, 2.45) is 4.99 Å². The second-order valence-corrected chi connectivity index (χ2v) is 6.63. The van der Waals surface area contributed by atoms with Gasteiger partial charge in [0.25, 0.3) is 0 Å². The molecule has 0 radical (unpaired) electrons. The van der Waals surface area contributed by atoms with Gasteiger partial charge in [0.1, 0.15) is 5.75 Å². The molecule has 0 aliphatic heterocycles. The number of aliphatic imine (C=N–C) groups is 1. The predicted octanol–water partition coefficient (Wildman–Crippen LogP) is 7.12. The molecule has 0 bridgehead atoms. The van der Waals surface area contributed by atoms with Crippen LogP contribution in [0.15, 0.2) is 65.7 Å². The summed E-state index contributed by atoms with van der Waals surface area (Å²) in [5.74, 6) is -0.114. The third-order valence-corrected chi connectivity index (χ3v) is 4.61. The fourth-order valence-corrected chi connectivity index (χ4v) is 2.77. The minimum absolute atomic E-state index is 0.198. The van der Waals surface area contributed by atoms with Crippen molar-refractivity contribution in [3.8, 4) is 11.5 Å². The van der Waals surface area contributed by atoms with Gasteiger partial charge in [0.05, 0.1) is 16.2 Å². The normalized spacial score (nSPS) is 11.6. The Morgan fingerprint density at radius 3 is 2.50 bits per heavy atom. The summed E-state index contributed by atoms with van der Waals surface area (Å²) in [6.45, 7) is 1.81. The average molecular weight is 435 g/mol. The molecule has 0 unspecified atom stereocenters.